The van der Waals surface area contributed by atoms with E-state index in [0.717, 1.165) is 32.0 Å². The Bertz CT molecular complexity index is 186. The van der Waals surface area contributed by atoms with Gasteiger partial charge >= 0.3 is 0 Å². The lowest BCUT2D eigenvalue weighted by molar-refractivity contribution is 0.00941. The SMILES string of the molecule is OCC1CN(CC(O)CC2CCCC2)C1. The molecule has 2 fully saturated rings. The Labute approximate surface area is 92.1 Å². The predicted octanol–water partition coefficient (Wildman–Crippen LogP) is 0.852. The van der Waals surface area contributed by atoms with Gasteiger partial charge in [0.05, 0.1) is 6.10 Å². The lowest BCUT2D eigenvalue weighted by Gasteiger charge is -2.39. The predicted molar refractivity (Wildman–Crippen MR) is 59.6 cm³/mol. The first-order chi connectivity index (χ1) is 7.28. The van der Waals surface area contributed by atoms with Gasteiger partial charge in [-0.3, -0.25) is 4.90 Å². The Hall–Kier alpha value is -0.120. The molecule has 0 amide bonds. The van der Waals surface area contributed by atoms with Crippen LogP contribution < -0.4 is 0 Å². The summed E-state index contributed by atoms with van der Waals surface area (Å²) in [7, 11) is 0. The van der Waals surface area contributed by atoms with Crippen LogP contribution in [0, 0.1) is 11.8 Å². The highest BCUT2D eigenvalue weighted by Crippen LogP contribution is 2.29. The molecule has 1 heterocycles. The van der Waals surface area contributed by atoms with Crippen molar-refractivity contribution in [3.63, 3.8) is 0 Å². The van der Waals surface area contributed by atoms with Crippen LogP contribution in [0.1, 0.15) is 32.1 Å². The molecule has 0 aromatic rings. The van der Waals surface area contributed by atoms with Crippen LogP contribution in [0.3, 0.4) is 0 Å². The van der Waals surface area contributed by atoms with E-state index in [9.17, 15) is 5.11 Å². The second-order valence-electron chi connectivity index (χ2n) is 5.31. The van der Waals surface area contributed by atoms with Crippen molar-refractivity contribution in [1.29, 1.82) is 0 Å². The maximum atomic E-state index is 9.90. The van der Waals surface area contributed by atoms with Gasteiger partial charge in [0.1, 0.15) is 0 Å². The Balaban J connectivity index is 1.58. The molecule has 2 rings (SSSR count). The summed E-state index contributed by atoms with van der Waals surface area (Å²) < 4.78 is 0. The highest BCUT2D eigenvalue weighted by atomic mass is 16.3. The van der Waals surface area contributed by atoms with Crippen LogP contribution in [0.15, 0.2) is 0 Å². The molecule has 0 aromatic heterocycles. The van der Waals surface area contributed by atoms with Gasteiger partial charge in [0.15, 0.2) is 0 Å². The normalized spacial score (nSPS) is 26.8. The summed E-state index contributed by atoms with van der Waals surface area (Å²) in [6, 6.07) is 0. The number of nitrogens with zero attached hydrogens (tertiary/aromatic N) is 1. The summed E-state index contributed by atoms with van der Waals surface area (Å²) in [4.78, 5) is 2.25. The highest BCUT2D eigenvalue weighted by molar-refractivity contribution is 4.82. The molecule has 15 heavy (non-hydrogen) atoms. The molecule has 3 heteroatoms. The number of aliphatic hydroxyl groups excluding tert-OH is 2. The molecule has 1 aliphatic carbocycles. The van der Waals surface area contributed by atoms with Crippen LogP contribution in [0.25, 0.3) is 0 Å². The molecule has 0 bridgehead atoms. The summed E-state index contributed by atoms with van der Waals surface area (Å²) in [5, 5.41) is 18.8. The van der Waals surface area contributed by atoms with Gasteiger partial charge in [0.25, 0.3) is 0 Å². The van der Waals surface area contributed by atoms with Gasteiger partial charge in [-0.25, -0.2) is 0 Å². The minimum absolute atomic E-state index is 0.146. The number of β-amino-alcohol motifs (C(OH)–C–C–N with tert-alkyl or cyclic N) is 1. The van der Waals surface area contributed by atoms with Gasteiger partial charge in [-0.2, -0.15) is 0 Å². The van der Waals surface area contributed by atoms with Crippen LogP contribution in [-0.4, -0.2) is 47.5 Å². The van der Waals surface area contributed by atoms with E-state index < -0.39 is 0 Å². The third-order valence-corrected chi connectivity index (χ3v) is 3.84. The van der Waals surface area contributed by atoms with Gasteiger partial charge in [-0.1, -0.05) is 25.7 Å². The lowest BCUT2D eigenvalue weighted by atomic mass is 9.97. The molecule has 1 aliphatic heterocycles. The first kappa shape index (κ1) is 11.4. The summed E-state index contributed by atoms with van der Waals surface area (Å²) in [5.74, 6) is 1.23. The van der Waals surface area contributed by atoms with E-state index >= 15 is 0 Å². The van der Waals surface area contributed by atoms with E-state index in [1.165, 1.54) is 25.7 Å². The van der Waals surface area contributed by atoms with Crippen molar-refractivity contribution in [2.24, 2.45) is 11.8 Å². The molecular weight excluding hydrogens is 190 g/mol. The monoisotopic (exact) mass is 213 g/mol. The quantitative estimate of drug-likeness (QED) is 0.711. The molecule has 1 saturated heterocycles. The molecular formula is C12H23NO2. The van der Waals surface area contributed by atoms with Crippen LogP contribution in [0.5, 0.6) is 0 Å². The van der Waals surface area contributed by atoms with E-state index in [-0.39, 0.29) is 6.10 Å². The first-order valence-corrected chi connectivity index (χ1v) is 6.29. The Morgan fingerprint density at radius 1 is 1.13 bits per heavy atom. The molecule has 1 saturated carbocycles. The van der Waals surface area contributed by atoms with Gasteiger partial charge in [-0.15, -0.1) is 0 Å². The fraction of sp³-hybridized carbons (Fsp3) is 1.00. The van der Waals surface area contributed by atoms with Crippen molar-refractivity contribution < 1.29 is 10.2 Å². The zero-order valence-corrected chi connectivity index (χ0v) is 9.44. The topological polar surface area (TPSA) is 43.7 Å². The van der Waals surface area contributed by atoms with Crippen molar-refractivity contribution in [2.75, 3.05) is 26.2 Å². The third kappa shape index (κ3) is 3.16. The first-order valence-electron chi connectivity index (χ1n) is 6.29. The zero-order chi connectivity index (χ0) is 10.7. The maximum absolute atomic E-state index is 9.90. The minimum atomic E-state index is -0.146. The number of hydrogen-bond acceptors (Lipinski definition) is 3. The smallest absolute Gasteiger partial charge is 0.0669 e. The summed E-state index contributed by atoms with van der Waals surface area (Å²) in [6.45, 7) is 3.05. The summed E-state index contributed by atoms with van der Waals surface area (Å²) >= 11 is 0. The van der Waals surface area contributed by atoms with Gasteiger partial charge in [0.2, 0.25) is 0 Å². The number of rotatable bonds is 5. The number of likely N-dealkylation sites (tertiary alicyclic amines) is 1. The highest BCUT2D eigenvalue weighted by Gasteiger charge is 2.28. The molecule has 0 spiro atoms. The van der Waals surface area contributed by atoms with Crippen molar-refractivity contribution in [3.05, 3.63) is 0 Å². The second-order valence-corrected chi connectivity index (χ2v) is 5.31. The van der Waals surface area contributed by atoms with Gasteiger partial charge in [0, 0.05) is 32.2 Å². The Kier molecular flexibility index (Phi) is 4.00. The molecule has 1 atom stereocenters. The molecule has 2 N–H and O–H groups in total. The second kappa shape index (κ2) is 5.28. The van der Waals surface area contributed by atoms with Gasteiger partial charge in [-0.05, 0) is 12.3 Å². The fourth-order valence-electron chi connectivity index (χ4n) is 2.94. The minimum Gasteiger partial charge on any atom is -0.396 e. The average molecular weight is 213 g/mol. The van der Waals surface area contributed by atoms with Crippen molar-refractivity contribution in [2.45, 2.75) is 38.2 Å². The van der Waals surface area contributed by atoms with Crippen molar-refractivity contribution >= 4 is 0 Å². The van der Waals surface area contributed by atoms with E-state index in [4.69, 9.17) is 5.11 Å². The third-order valence-electron chi connectivity index (χ3n) is 3.84. The van der Waals surface area contributed by atoms with E-state index in [1.807, 2.05) is 0 Å². The van der Waals surface area contributed by atoms with Crippen LogP contribution in [0.2, 0.25) is 0 Å². The zero-order valence-electron chi connectivity index (χ0n) is 9.44. The molecule has 0 radical (unpaired) electrons. The largest absolute Gasteiger partial charge is 0.396 e. The van der Waals surface area contributed by atoms with Crippen LogP contribution in [-0.2, 0) is 0 Å². The van der Waals surface area contributed by atoms with Crippen molar-refractivity contribution in [1.82, 2.24) is 4.90 Å². The van der Waals surface area contributed by atoms with E-state index in [1.54, 1.807) is 0 Å². The fourth-order valence-corrected chi connectivity index (χ4v) is 2.94. The Morgan fingerprint density at radius 2 is 1.80 bits per heavy atom. The Morgan fingerprint density at radius 3 is 2.40 bits per heavy atom. The number of aliphatic hydroxyl groups is 2. The lowest BCUT2D eigenvalue weighted by Crippen LogP contribution is -2.51. The molecule has 88 valence electrons. The molecule has 0 aromatic carbocycles. The number of hydrogen-bond donors (Lipinski definition) is 2. The van der Waals surface area contributed by atoms with Crippen LogP contribution >= 0.6 is 0 Å². The average Bonchev–Trinajstić information content (AvgIpc) is 2.63. The maximum Gasteiger partial charge on any atom is 0.0669 e. The van der Waals surface area contributed by atoms with Crippen LogP contribution in [0.4, 0.5) is 0 Å². The van der Waals surface area contributed by atoms with E-state index in [0.29, 0.717) is 12.5 Å². The summed E-state index contributed by atoms with van der Waals surface area (Å²) in [6.07, 6.45) is 6.18. The van der Waals surface area contributed by atoms with E-state index in [2.05, 4.69) is 4.90 Å². The standard InChI is InChI=1S/C12H23NO2/c14-9-11-6-13(7-11)8-12(15)5-10-3-1-2-4-10/h10-12,14-15H,1-9H2. The molecule has 3 nitrogen and oxygen atoms in total. The molecule has 2 aliphatic rings. The van der Waals surface area contributed by atoms with Gasteiger partial charge < -0.3 is 10.2 Å². The van der Waals surface area contributed by atoms with Crippen molar-refractivity contribution in [3.8, 4) is 0 Å². The molecule has 1 unspecified atom stereocenters. The summed E-state index contributed by atoms with van der Waals surface area (Å²) in [5.41, 5.74) is 0.